The minimum absolute atomic E-state index is 0.305. The molecule has 0 aliphatic rings. The summed E-state index contributed by atoms with van der Waals surface area (Å²) in [5.41, 5.74) is 0. The van der Waals surface area contributed by atoms with Gasteiger partial charge in [0.25, 0.3) is 0 Å². The molecule has 0 fully saturated rings. The van der Waals surface area contributed by atoms with Gasteiger partial charge in [-0.3, -0.25) is 0 Å². The highest BCUT2D eigenvalue weighted by molar-refractivity contribution is 4.67. The standard InChI is InChI=1S/C9H18F3NO2/c1-7(2)6-15-4-3-13-5-8(14)9(10,11)12/h7-8,13-14H,3-6H2,1-2H3. The number of aliphatic hydroxyl groups is 1. The predicted octanol–water partition coefficient (Wildman–Crippen LogP) is 1.17. The Morgan fingerprint density at radius 3 is 2.40 bits per heavy atom. The first-order valence-electron chi connectivity index (χ1n) is 4.87. The summed E-state index contributed by atoms with van der Waals surface area (Å²) in [5.74, 6) is 0.408. The molecule has 15 heavy (non-hydrogen) atoms. The Bertz CT molecular complexity index is 162. The van der Waals surface area contributed by atoms with Crippen molar-refractivity contribution < 1.29 is 23.0 Å². The van der Waals surface area contributed by atoms with Gasteiger partial charge in [0.2, 0.25) is 0 Å². The van der Waals surface area contributed by atoms with E-state index in [1.54, 1.807) is 0 Å². The first-order chi connectivity index (χ1) is 6.84. The van der Waals surface area contributed by atoms with Gasteiger partial charge >= 0.3 is 6.18 Å². The third-order valence-corrected chi connectivity index (χ3v) is 1.59. The maximum absolute atomic E-state index is 11.8. The highest BCUT2D eigenvalue weighted by atomic mass is 19.4. The van der Waals surface area contributed by atoms with Gasteiger partial charge in [0.05, 0.1) is 6.61 Å². The molecule has 1 unspecified atom stereocenters. The highest BCUT2D eigenvalue weighted by Crippen LogP contribution is 2.18. The van der Waals surface area contributed by atoms with Gasteiger partial charge < -0.3 is 15.2 Å². The van der Waals surface area contributed by atoms with Crippen molar-refractivity contribution in [1.82, 2.24) is 5.32 Å². The second kappa shape index (κ2) is 7.03. The van der Waals surface area contributed by atoms with Crippen molar-refractivity contribution in [2.24, 2.45) is 5.92 Å². The SMILES string of the molecule is CC(C)COCCNCC(O)C(F)(F)F. The van der Waals surface area contributed by atoms with Gasteiger partial charge in [-0.1, -0.05) is 13.8 Å². The van der Waals surface area contributed by atoms with Crippen LogP contribution in [0.25, 0.3) is 0 Å². The number of nitrogens with one attached hydrogen (secondary N) is 1. The van der Waals surface area contributed by atoms with Crippen LogP contribution in [0.2, 0.25) is 0 Å². The molecule has 0 saturated carbocycles. The lowest BCUT2D eigenvalue weighted by Crippen LogP contribution is -2.39. The third kappa shape index (κ3) is 8.65. The number of rotatable bonds is 7. The molecule has 0 bridgehead atoms. The molecule has 92 valence electrons. The Morgan fingerprint density at radius 2 is 1.93 bits per heavy atom. The van der Waals surface area contributed by atoms with Gasteiger partial charge in [-0.05, 0) is 5.92 Å². The average molecular weight is 229 g/mol. The normalized spacial score (nSPS) is 14.6. The zero-order valence-corrected chi connectivity index (χ0v) is 8.97. The van der Waals surface area contributed by atoms with Crippen LogP contribution in [0.1, 0.15) is 13.8 Å². The summed E-state index contributed by atoms with van der Waals surface area (Å²) >= 11 is 0. The van der Waals surface area contributed by atoms with Crippen LogP contribution >= 0.6 is 0 Å². The molecular formula is C9H18F3NO2. The number of hydrogen-bond acceptors (Lipinski definition) is 3. The fraction of sp³-hybridized carbons (Fsp3) is 1.00. The number of ether oxygens (including phenoxy) is 1. The van der Waals surface area contributed by atoms with Crippen molar-refractivity contribution in [2.75, 3.05) is 26.3 Å². The number of halogens is 3. The Balaban J connectivity index is 3.32. The van der Waals surface area contributed by atoms with Crippen molar-refractivity contribution >= 4 is 0 Å². The van der Waals surface area contributed by atoms with Crippen molar-refractivity contribution in [3.63, 3.8) is 0 Å². The van der Waals surface area contributed by atoms with E-state index in [1.165, 1.54) is 0 Å². The molecule has 0 heterocycles. The van der Waals surface area contributed by atoms with Crippen LogP contribution in [0, 0.1) is 5.92 Å². The predicted molar refractivity (Wildman–Crippen MR) is 50.6 cm³/mol. The van der Waals surface area contributed by atoms with E-state index in [0.717, 1.165) is 0 Å². The molecule has 3 nitrogen and oxygen atoms in total. The van der Waals surface area contributed by atoms with E-state index in [0.29, 0.717) is 25.7 Å². The lowest BCUT2D eigenvalue weighted by Gasteiger charge is -2.15. The van der Waals surface area contributed by atoms with Crippen molar-refractivity contribution in [3.8, 4) is 0 Å². The Morgan fingerprint density at radius 1 is 1.33 bits per heavy atom. The summed E-state index contributed by atoms with van der Waals surface area (Å²) in [6.07, 6.45) is -6.85. The molecule has 1 atom stereocenters. The molecular weight excluding hydrogens is 211 g/mol. The lowest BCUT2D eigenvalue weighted by molar-refractivity contribution is -0.201. The zero-order chi connectivity index (χ0) is 11.9. The monoisotopic (exact) mass is 229 g/mol. The molecule has 0 amide bonds. The van der Waals surface area contributed by atoms with Crippen molar-refractivity contribution in [3.05, 3.63) is 0 Å². The van der Waals surface area contributed by atoms with E-state index in [1.807, 2.05) is 13.8 Å². The Hall–Kier alpha value is -0.330. The molecule has 0 aromatic carbocycles. The summed E-state index contributed by atoms with van der Waals surface area (Å²) in [5, 5.41) is 11.1. The fourth-order valence-corrected chi connectivity index (χ4v) is 0.818. The van der Waals surface area contributed by atoms with Gasteiger partial charge in [0, 0.05) is 19.7 Å². The Labute approximate surface area is 87.6 Å². The van der Waals surface area contributed by atoms with Crippen molar-refractivity contribution in [2.45, 2.75) is 26.1 Å². The molecule has 0 aromatic heterocycles. The molecule has 0 radical (unpaired) electrons. The van der Waals surface area contributed by atoms with Gasteiger partial charge in [-0.25, -0.2) is 0 Å². The molecule has 0 spiro atoms. The zero-order valence-electron chi connectivity index (χ0n) is 8.97. The summed E-state index contributed by atoms with van der Waals surface area (Å²) in [6.45, 7) is 4.72. The minimum atomic E-state index is -4.55. The second-order valence-corrected chi connectivity index (χ2v) is 3.73. The van der Waals surface area contributed by atoms with Gasteiger partial charge in [0.15, 0.2) is 6.10 Å². The van der Waals surface area contributed by atoms with E-state index in [4.69, 9.17) is 9.84 Å². The minimum Gasteiger partial charge on any atom is -0.382 e. The van der Waals surface area contributed by atoms with E-state index in [9.17, 15) is 13.2 Å². The molecule has 6 heteroatoms. The van der Waals surface area contributed by atoms with Crippen LogP contribution in [0.15, 0.2) is 0 Å². The van der Waals surface area contributed by atoms with Crippen LogP contribution in [-0.2, 0) is 4.74 Å². The van der Waals surface area contributed by atoms with Crippen LogP contribution in [0.4, 0.5) is 13.2 Å². The molecule has 0 rings (SSSR count). The summed E-state index contributed by atoms with van der Waals surface area (Å²) in [7, 11) is 0. The molecule has 0 aliphatic carbocycles. The number of hydrogen-bond donors (Lipinski definition) is 2. The van der Waals surface area contributed by atoms with E-state index in [2.05, 4.69) is 5.32 Å². The molecule has 2 N–H and O–H groups in total. The third-order valence-electron chi connectivity index (χ3n) is 1.59. The first-order valence-corrected chi connectivity index (χ1v) is 4.87. The maximum Gasteiger partial charge on any atom is 0.415 e. The van der Waals surface area contributed by atoms with E-state index < -0.39 is 18.8 Å². The van der Waals surface area contributed by atoms with Crippen molar-refractivity contribution in [1.29, 1.82) is 0 Å². The lowest BCUT2D eigenvalue weighted by atomic mass is 10.2. The Kier molecular flexibility index (Phi) is 6.87. The second-order valence-electron chi connectivity index (χ2n) is 3.73. The summed E-state index contributed by atoms with van der Waals surface area (Å²) in [4.78, 5) is 0. The molecule has 0 aromatic rings. The quantitative estimate of drug-likeness (QED) is 0.644. The average Bonchev–Trinajstić information content (AvgIpc) is 2.08. The highest BCUT2D eigenvalue weighted by Gasteiger charge is 2.37. The van der Waals surface area contributed by atoms with Crippen LogP contribution in [0.5, 0.6) is 0 Å². The van der Waals surface area contributed by atoms with Crippen LogP contribution in [0.3, 0.4) is 0 Å². The fourth-order valence-electron chi connectivity index (χ4n) is 0.818. The van der Waals surface area contributed by atoms with E-state index >= 15 is 0 Å². The molecule has 0 saturated heterocycles. The van der Waals surface area contributed by atoms with Crippen LogP contribution in [-0.4, -0.2) is 43.7 Å². The van der Waals surface area contributed by atoms with E-state index in [-0.39, 0.29) is 0 Å². The number of alkyl halides is 3. The topological polar surface area (TPSA) is 41.5 Å². The maximum atomic E-state index is 11.8. The smallest absolute Gasteiger partial charge is 0.382 e. The molecule has 0 aliphatic heterocycles. The number of aliphatic hydroxyl groups excluding tert-OH is 1. The van der Waals surface area contributed by atoms with Crippen LogP contribution < -0.4 is 5.32 Å². The van der Waals surface area contributed by atoms with Gasteiger partial charge in [-0.15, -0.1) is 0 Å². The van der Waals surface area contributed by atoms with Gasteiger partial charge in [0.1, 0.15) is 0 Å². The summed E-state index contributed by atoms with van der Waals surface area (Å²) < 4.78 is 40.6. The summed E-state index contributed by atoms with van der Waals surface area (Å²) in [6, 6.07) is 0. The first kappa shape index (κ1) is 14.7. The van der Waals surface area contributed by atoms with Gasteiger partial charge in [-0.2, -0.15) is 13.2 Å². The largest absolute Gasteiger partial charge is 0.415 e.